The Hall–Kier alpha value is -2.40. The lowest BCUT2D eigenvalue weighted by Gasteiger charge is -2.22. The lowest BCUT2D eigenvalue weighted by molar-refractivity contribution is 0.245. The normalized spacial score (nSPS) is 18.6. The van der Waals surface area contributed by atoms with Crippen LogP contribution in [0.25, 0.3) is 5.69 Å². The number of para-hydroxylation sites is 1. The summed E-state index contributed by atoms with van der Waals surface area (Å²) in [7, 11) is 1.98. The third-order valence-corrected chi connectivity index (χ3v) is 4.50. The van der Waals surface area contributed by atoms with Crippen molar-refractivity contribution in [3.63, 3.8) is 0 Å². The summed E-state index contributed by atoms with van der Waals surface area (Å²) in [5, 5.41) is 9.05. The minimum Gasteiger partial charge on any atom is -0.290 e. The van der Waals surface area contributed by atoms with Gasteiger partial charge in [-0.3, -0.25) is 9.58 Å². The predicted octanol–water partition coefficient (Wildman–Crippen LogP) is 2.94. The lowest BCUT2D eigenvalue weighted by atomic mass is 10.1. The van der Waals surface area contributed by atoms with Crippen molar-refractivity contribution in [2.75, 3.05) is 6.54 Å². The lowest BCUT2D eigenvalue weighted by Crippen LogP contribution is -2.22. The van der Waals surface area contributed by atoms with Crippen molar-refractivity contribution in [2.24, 2.45) is 7.05 Å². The molecule has 1 aliphatic heterocycles. The molecule has 0 N–H and O–H groups in total. The fourth-order valence-corrected chi connectivity index (χ4v) is 3.38. The van der Waals surface area contributed by atoms with Crippen molar-refractivity contribution in [3.8, 4) is 5.69 Å². The molecule has 5 nitrogen and oxygen atoms in total. The minimum absolute atomic E-state index is 0.463. The zero-order valence-electron chi connectivity index (χ0n) is 13.3. The Morgan fingerprint density at radius 3 is 2.83 bits per heavy atom. The highest BCUT2D eigenvalue weighted by Gasteiger charge is 2.27. The van der Waals surface area contributed by atoms with Gasteiger partial charge in [-0.2, -0.15) is 10.2 Å². The van der Waals surface area contributed by atoms with Crippen LogP contribution < -0.4 is 0 Å². The zero-order valence-corrected chi connectivity index (χ0v) is 13.3. The van der Waals surface area contributed by atoms with E-state index in [0.29, 0.717) is 6.04 Å². The van der Waals surface area contributed by atoms with Crippen LogP contribution in [-0.4, -0.2) is 31.0 Å². The first kappa shape index (κ1) is 14.2. The fourth-order valence-electron chi connectivity index (χ4n) is 3.38. The van der Waals surface area contributed by atoms with E-state index in [4.69, 9.17) is 5.10 Å². The Kier molecular flexibility index (Phi) is 3.71. The Morgan fingerprint density at radius 1 is 1.17 bits per heavy atom. The number of hydrogen-bond acceptors (Lipinski definition) is 3. The molecule has 3 aromatic rings. The molecule has 0 saturated carbocycles. The number of likely N-dealkylation sites (tertiary alicyclic amines) is 1. The van der Waals surface area contributed by atoms with E-state index in [1.807, 2.05) is 47.0 Å². The number of benzene rings is 1. The number of rotatable bonds is 4. The maximum Gasteiger partial charge on any atom is 0.0769 e. The Morgan fingerprint density at radius 2 is 2.04 bits per heavy atom. The summed E-state index contributed by atoms with van der Waals surface area (Å²) in [6.45, 7) is 2.01. The molecule has 0 bridgehead atoms. The van der Waals surface area contributed by atoms with Gasteiger partial charge in [-0.25, -0.2) is 4.68 Å². The molecule has 4 rings (SSSR count). The van der Waals surface area contributed by atoms with Gasteiger partial charge in [0.1, 0.15) is 0 Å². The fraction of sp³-hybridized carbons (Fsp3) is 0.333. The Bertz CT molecular complexity index is 774. The Balaban J connectivity index is 1.50. The molecule has 0 radical (unpaired) electrons. The first-order valence-electron chi connectivity index (χ1n) is 8.12. The first-order chi connectivity index (χ1) is 11.3. The van der Waals surface area contributed by atoms with Gasteiger partial charge < -0.3 is 0 Å². The van der Waals surface area contributed by atoms with Gasteiger partial charge in [0.05, 0.1) is 17.6 Å². The maximum atomic E-state index is 4.73. The van der Waals surface area contributed by atoms with Gasteiger partial charge in [0.25, 0.3) is 0 Å². The quantitative estimate of drug-likeness (QED) is 0.744. The molecular weight excluding hydrogens is 286 g/mol. The minimum atomic E-state index is 0.463. The number of nitrogens with zero attached hydrogens (tertiary/aromatic N) is 5. The van der Waals surface area contributed by atoms with E-state index >= 15 is 0 Å². The average Bonchev–Trinajstić information content (AvgIpc) is 3.29. The molecule has 5 heteroatoms. The molecule has 3 heterocycles. The second kappa shape index (κ2) is 6.01. The maximum absolute atomic E-state index is 4.73. The molecule has 118 valence electrons. The van der Waals surface area contributed by atoms with Gasteiger partial charge >= 0.3 is 0 Å². The zero-order chi connectivity index (χ0) is 15.6. The first-order valence-corrected chi connectivity index (χ1v) is 8.12. The summed E-state index contributed by atoms with van der Waals surface area (Å²) in [6, 6.07) is 12.8. The summed E-state index contributed by atoms with van der Waals surface area (Å²) in [5.74, 6) is 0. The van der Waals surface area contributed by atoms with Crippen LogP contribution in [0.2, 0.25) is 0 Å². The second-order valence-electron chi connectivity index (χ2n) is 6.16. The van der Waals surface area contributed by atoms with E-state index in [9.17, 15) is 0 Å². The summed E-state index contributed by atoms with van der Waals surface area (Å²) in [5.41, 5.74) is 3.53. The smallest absolute Gasteiger partial charge is 0.0769 e. The van der Waals surface area contributed by atoms with E-state index in [1.54, 1.807) is 0 Å². The van der Waals surface area contributed by atoms with Gasteiger partial charge in [0, 0.05) is 37.6 Å². The number of aromatic nitrogens is 4. The highest BCUT2D eigenvalue weighted by molar-refractivity contribution is 5.30. The molecule has 1 unspecified atom stereocenters. The van der Waals surface area contributed by atoms with Gasteiger partial charge in [0.15, 0.2) is 0 Å². The molecule has 1 saturated heterocycles. The molecule has 1 aliphatic rings. The number of aryl methyl sites for hydroxylation is 1. The van der Waals surface area contributed by atoms with E-state index in [0.717, 1.165) is 24.5 Å². The third-order valence-electron chi connectivity index (χ3n) is 4.50. The van der Waals surface area contributed by atoms with Crippen molar-refractivity contribution in [1.82, 2.24) is 24.5 Å². The topological polar surface area (TPSA) is 38.9 Å². The van der Waals surface area contributed by atoms with E-state index < -0.39 is 0 Å². The van der Waals surface area contributed by atoms with Crippen molar-refractivity contribution in [3.05, 3.63) is 66.2 Å². The van der Waals surface area contributed by atoms with Crippen molar-refractivity contribution in [1.29, 1.82) is 0 Å². The predicted molar refractivity (Wildman–Crippen MR) is 89.2 cm³/mol. The highest BCUT2D eigenvalue weighted by atomic mass is 15.3. The van der Waals surface area contributed by atoms with Crippen LogP contribution in [0.3, 0.4) is 0 Å². The van der Waals surface area contributed by atoms with Crippen molar-refractivity contribution >= 4 is 0 Å². The van der Waals surface area contributed by atoms with Crippen LogP contribution in [0.5, 0.6) is 0 Å². The van der Waals surface area contributed by atoms with E-state index in [1.165, 1.54) is 18.4 Å². The summed E-state index contributed by atoms with van der Waals surface area (Å²) in [4.78, 5) is 2.51. The molecule has 1 fully saturated rings. The van der Waals surface area contributed by atoms with Gasteiger partial charge in [0.2, 0.25) is 0 Å². The van der Waals surface area contributed by atoms with Crippen molar-refractivity contribution < 1.29 is 0 Å². The van der Waals surface area contributed by atoms with Crippen LogP contribution >= 0.6 is 0 Å². The molecule has 2 aromatic heterocycles. The standard InChI is InChI=1S/C18H21N5/c1-21-13-15(12-19-21)18-8-5-10-22(18)14-16-9-11-23(20-16)17-6-3-2-4-7-17/h2-4,6-7,9,11-13,18H,5,8,10,14H2,1H3. The highest BCUT2D eigenvalue weighted by Crippen LogP contribution is 2.32. The van der Waals surface area contributed by atoms with Crippen molar-refractivity contribution in [2.45, 2.75) is 25.4 Å². The third kappa shape index (κ3) is 2.92. The van der Waals surface area contributed by atoms with E-state index in [2.05, 4.69) is 34.4 Å². The molecule has 1 aromatic carbocycles. The van der Waals surface area contributed by atoms with Gasteiger partial charge in [-0.15, -0.1) is 0 Å². The van der Waals surface area contributed by atoms with Crippen LogP contribution in [-0.2, 0) is 13.6 Å². The van der Waals surface area contributed by atoms with Crippen LogP contribution in [0.1, 0.15) is 30.1 Å². The summed E-state index contributed by atoms with van der Waals surface area (Å²) in [6.07, 6.45) is 8.60. The SMILES string of the molecule is Cn1cc(C2CCCN2Cc2ccn(-c3ccccc3)n2)cn1. The molecule has 0 amide bonds. The van der Waals surface area contributed by atoms with Gasteiger partial charge in [-0.1, -0.05) is 18.2 Å². The van der Waals surface area contributed by atoms with Crippen LogP contribution in [0, 0.1) is 0 Å². The van der Waals surface area contributed by atoms with Crippen LogP contribution in [0.4, 0.5) is 0 Å². The van der Waals surface area contributed by atoms with E-state index in [-0.39, 0.29) is 0 Å². The summed E-state index contributed by atoms with van der Waals surface area (Å²) < 4.78 is 3.83. The van der Waals surface area contributed by atoms with Gasteiger partial charge in [-0.05, 0) is 37.6 Å². The second-order valence-corrected chi connectivity index (χ2v) is 6.16. The molecule has 0 spiro atoms. The largest absolute Gasteiger partial charge is 0.290 e. The Labute approximate surface area is 136 Å². The molecular formula is C18H21N5. The average molecular weight is 307 g/mol. The molecule has 0 aliphatic carbocycles. The molecule has 23 heavy (non-hydrogen) atoms. The van der Waals surface area contributed by atoms with Crippen LogP contribution in [0.15, 0.2) is 55.0 Å². The summed E-state index contributed by atoms with van der Waals surface area (Å²) >= 11 is 0. The monoisotopic (exact) mass is 307 g/mol. The number of hydrogen-bond donors (Lipinski definition) is 0. The molecule has 1 atom stereocenters.